The van der Waals surface area contributed by atoms with E-state index < -0.39 is 0 Å². The number of carbonyl (C=O) groups is 1. The number of phenols is 1. The molecule has 2 aromatic heterocycles. The second kappa shape index (κ2) is 10.8. The minimum atomic E-state index is 0.0102. The Balaban J connectivity index is 1.34. The van der Waals surface area contributed by atoms with Gasteiger partial charge in [-0.1, -0.05) is 30.3 Å². The molecule has 1 aliphatic rings. The predicted molar refractivity (Wildman–Crippen MR) is 151 cm³/mol. The van der Waals surface area contributed by atoms with Crippen LogP contribution in [0.1, 0.15) is 31.2 Å². The van der Waals surface area contributed by atoms with Crippen LogP contribution in [-0.2, 0) is 11.8 Å². The molecule has 1 aliphatic heterocycles. The Morgan fingerprint density at radius 3 is 2.66 bits per heavy atom. The van der Waals surface area contributed by atoms with Gasteiger partial charge in [0.1, 0.15) is 17.1 Å². The van der Waals surface area contributed by atoms with Crippen molar-refractivity contribution in [3.63, 3.8) is 0 Å². The van der Waals surface area contributed by atoms with Crippen LogP contribution >= 0.6 is 0 Å². The lowest BCUT2D eigenvalue weighted by Crippen LogP contribution is -2.39. The van der Waals surface area contributed by atoms with Crippen molar-refractivity contribution in [2.45, 2.75) is 25.8 Å². The first-order chi connectivity index (χ1) is 18.4. The third kappa shape index (κ3) is 5.11. The number of nitrogens with two attached hydrogens (primary N) is 1. The van der Waals surface area contributed by atoms with Crippen LogP contribution in [0.25, 0.3) is 33.8 Å². The number of likely N-dealkylation sites (tertiary alicyclic amines) is 1. The second-order valence-electron chi connectivity index (χ2n) is 9.56. The SMILES string of the molecule is C/C(=C/N)c1nc(-c2ccccc2O)cc(=NC2CCN(C(=O)/C=C/c3c[nH]c4ccccc34)CC2)n1C. The molecule has 5 rings (SSSR count). The minimum Gasteiger partial charge on any atom is -0.507 e. The van der Waals surface area contributed by atoms with Crippen molar-refractivity contribution >= 4 is 28.5 Å². The van der Waals surface area contributed by atoms with Crippen LogP contribution in [0.3, 0.4) is 0 Å². The van der Waals surface area contributed by atoms with Crippen molar-refractivity contribution in [1.29, 1.82) is 0 Å². The first kappa shape index (κ1) is 25.1. The average molecular weight is 509 g/mol. The Kier molecular flexibility index (Phi) is 7.13. The normalized spacial score (nSPS) is 15.6. The van der Waals surface area contributed by atoms with Gasteiger partial charge in [0, 0.05) is 66.7 Å². The number of phenolic OH excluding ortho intramolecular Hbond substituents is 1. The average Bonchev–Trinajstić information content (AvgIpc) is 3.36. The Hall–Kier alpha value is -4.59. The number of aromatic amines is 1. The van der Waals surface area contributed by atoms with Crippen molar-refractivity contribution in [3.8, 4) is 17.0 Å². The van der Waals surface area contributed by atoms with Gasteiger partial charge >= 0.3 is 0 Å². The molecule has 4 N–H and O–H groups in total. The van der Waals surface area contributed by atoms with E-state index in [4.69, 9.17) is 15.7 Å². The molecule has 1 saturated heterocycles. The van der Waals surface area contributed by atoms with E-state index in [-0.39, 0.29) is 17.7 Å². The lowest BCUT2D eigenvalue weighted by molar-refractivity contribution is -0.126. The molecule has 8 heteroatoms. The van der Waals surface area contributed by atoms with Gasteiger partial charge in [-0.3, -0.25) is 9.79 Å². The Morgan fingerprint density at radius 1 is 1.16 bits per heavy atom. The van der Waals surface area contributed by atoms with E-state index >= 15 is 0 Å². The van der Waals surface area contributed by atoms with Gasteiger partial charge in [0.15, 0.2) is 0 Å². The van der Waals surface area contributed by atoms with E-state index in [1.54, 1.807) is 18.2 Å². The molecular formula is C30H32N6O2. The molecule has 3 heterocycles. The summed E-state index contributed by atoms with van der Waals surface area (Å²) in [6.45, 7) is 3.18. The van der Waals surface area contributed by atoms with Crippen LogP contribution in [0.2, 0.25) is 0 Å². The van der Waals surface area contributed by atoms with Gasteiger partial charge < -0.3 is 25.3 Å². The van der Waals surface area contributed by atoms with Crippen molar-refractivity contribution < 1.29 is 9.90 Å². The van der Waals surface area contributed by atoms with E-state index in [0.29, 0.717) is 30.2 Å². The molecule has 0 bridgehead atoms. The molecule has 8 nitrogen and oxygen atoms in total. The number of hydrogen-bond donors (Lipinski definition) is 3. The van der Waals surface area contributed by atoms with Crippen LogP contribution in [0.15, 0.2) is 78.1 Å². The zero-order valence-corrected chi connectivity index (χ0v) is 21.6. The number of aromatic nitrogens is 3. The molecule has 0 unspecified atom stereocenters. The molecule has 2 aromatic carbocycles. The highest BCUT2D eigenvalue weighted by Gasteiger charge is 2.21. The Labute approximate surface area is 221 Å². The van der Waals surface area contributed by atoms with Crippen LogP contribution in [-0.4, -0.2) is 49.6 Å². The molecule has 0 spiro atoms. The Bertz CT molecular complexity index is 1600. The molecule has 1 fully saturated rings. The number of fused-ring (bicyclic) bond motifs is 1. The fourth-order valence-corrected chi connectivity index (χ4v) is 4.83. The second-order valence-corrected chi connectivity index (χ2v) is 9.56. The van der Waals surface area contributed by atoms with Crippen molar-refractivity contribution in [2.75, 3.05) is 13.1 Å². The summed E-state index contributed by atoms with van der Waals surface area (Å²) in [6.07, 6.45) is 8.51. The number of carbonyl (C=O) groups excluding carboxylic acids is 1. The van der Waals surface area contributed by atoms with E-state index in [2.05, 4.69) is 4.98 Å². The summed E-state index contributed by atoms with van der Waals surface area (Å²) in [5, 5.41) is 11.5. The highest BCUT2D eigenvalue weighted by atomic mass is 16.3. The topological polar surface area (TPSA) is 113 Å². The molecule has 0 aliphatic carbocycles. The first-order valence-corrected chi connectivity index (χ1v) is 12.8. The summed E-state index contributed by atoms with van der Waals surface area (Å²) >= 11 is 0. The zero-order valence-electron chi connectivity index (χ0n) is 21.6. The van der Waals surface area contributed by atoms with Crippen LogP contribution in [0.4, 0.5) is 0 Å². The Morgan fingerprint density at radius 2 is 1.89 bits per heavy atom. The summed E-state index contributed by atoms with van der Waals surface area (Å²) in [5.74, 6) is 0.853. The van der Waals surface area contributed by atoms with Crippen LogP contribution in [0.5, 0.6) is 5.75 Å². The number of piperidine rings is 1. The van der Waals surface area contributed by atoms with Gasteiger partial charge in [0.05, 0.1) is 11.7 Å². The lowest BCUT2D eigenvalue weighted by Gasteiger charge is -2.29. The first-order valence-electron chi connectivity index (χ1n) is 12.8. The van der Waals surface area contributed by atoms with Gasteiger partial charge in [0.2, 0.25) is 5.91 Å². The van der Waals surface area contributed by atoms with Gasteiger partial charge in [-0.2, -0.15) is 0 Å². The molecule has 194 valence electrons. The number of rotatable bonds is 5. The number of allylic oxidation sites excluding steroid dienone is 1. The molecule has 38 heavy (non-hydrogen) atoms. The smallest absolute Gasteiger partial charge is 0.246 e. The number of H-pyrrole nitrogens is 1. The maximum Gasteiger partial charge on any atom is 0.246 e. The van der Waals surface area contributed by atoms with Gasteiger partial charge in [-0.05, 0) is 49.6 Å². The van der Waals surface area contributed by atoms with Crippen molar-refractivity contribution in [3.05, 3.63) is 89.9 Å². The fourth-order valence-electron chi connectivity index (χ4n) is 4.83. The zero-order chi connectivity index (χ0) is 26.6. The number of aromatic hydroxyl groups is 1. The standard InChI is InChI=1S/C30H32N6O2/c1-20(18-31)30-34-26(24-8-4-6-10-27(24)37)17-28(35(30)2)33-22-13-15-36(16-14-22)29(38)12-11-21-19-32-25-9-5-3-7-23(21)25/h3-12,17-19,22,32,37H,13-16,31H2,1-2H3/b12-11+,20-18-,33-28?. The third-order valence-corrected chi connectivity index (χ3v) is 7.05. The summed E-state index contributed by atoms with van der Waals surface area (Å²) in [6, 6.07) is 17.1. The van der Waals surface area contributed by atoms with Gasteiger partial charge in [-0.25, -0.2) is 4.98 Å². The number of nitrogens with one attached hydrogen (secondary N) is 1. The van der Waals surface area contributed by atoms with Crippen LogP contribution < -0.4 is 11.2 Å². The number of hydrogen-bond acceptors (Lipinski definition) is 5. The largest absolute Gasteiger partial charge is 0.507 e. The summed E-state index contributed by atoms with van der Waals surface area (Å²) in [4.78, 5) is 27.8. The molecule has 0 radical (unpaired) electrons. The molecule has 1 amide bonds. The van der Waals surface area contributed by atoms with Crippen molar-refractivity contribution in [2.24, 2.45) is 17.8 Å². The number of benzene rings is 2. The maximum absolute atomic E-state index is 12.9. The minimum absolute atomic E-state index is 0.0102. The van der Waals surface area contributed by atoms with Gasteiger partial charge in [-0.15, -0.1) is 0 Å². The van der Waals surface area contributed by atoms with E-state index in [0.717, 1.165) is 40.4 Å². The quantitative estimate of drug-likeness (QED) is 0.351. The van der Waals surface area contributed by atoms with Crippen molar-refractivity contribution in [1.82, 2.24) is 19.4 Å². The van der Waals surface area contributed by atoms with E-state index in [1.807, 2.05) is 78.2 Å². The summed E-state index contributed by atoms with van der Waals surface area (Å²) < 4.78 is 1.92. The lowest BCUT2D eigenvalue weighted by atomic mass is 10.1. The predicted octanol–water partition coefficient (Wildman–Crippen LogP) is 4.20. The fraction of sp³-hybridized carbons (Fsp3) is 0.233. The number of para-hydroxylation sites is 2. The molecule has 4 aromatic rings. The maximum atomic E-state index is 12.9. The van der Waals surface area contributed by atoms with Gasteiger partial charge in [0.25, 0.3) is 0 Å². The summed E-state index contributed by atoms with van der Waals surface area (Å²) in [5.41, 5.74) is 10.7. The highest BCUT2D eigenvalue weighted by Crippen LogP contribution is 2.27. The van der Waals surface area contributed by atoms with Crippen LogP contribution in [0, 0.1) is 0 Å². The molecular weight excluding hydrogens is 476 g/mol. The molecule has 0 saturated carbocycles. The van der Waals surface area contributed by atoms with E-state index in [9.17, 15) is 9.90 Å². The summed E-state index contributed by atoms with van der Waals surface area (Å²) in [7, 11) is 1.91. The van der Waals surface area contributed by atoms with E-state index in [1.165, 1.54) is 6.20 Å². The third-order valence-electron chi connectivity index (χ3n) is 7.05. The highest BCUT2D eigenvalue weighted by molar-refractivity contribution is 5.96. The monoisotopic (exact) mass is 508 g/mol. The number of amides is 1. The molecule has 0 atom stereocenters. The number of nitrogens with zero attached hydrogens (tertiary/aromatic N) is 4.